The first-order chi connectivity index (χ1) is 9.70. The van der Waals surface area contributed by atoms with Gasteiger partial charge in [0.25, 0.3) is 0 Å². The van der Waals surface area contributed by atoms with E-state index < -0.39 is 0 Å². The maximum atomic E-state index is 3.71. The molecule has 1 N–H and O–H groups in total. The van der Waals surface area contributed by atoms with Crippen molar-refractivity contribution in [3.05, 3.63) is 35.9 Å². The Labute approximate surface area is 124 Å². The third-order valence-corrected chi connectivity index (χ3v) is 4.70. The molecule has 0 bridgehead atoms. The number of hydrogen-bond donors (Lipinski definition) is 1. The van der Waals surface area contributed by atoms with Gasteiger partial charge in [-0.3, -0.25) is 4.90 Å². The van der Waals surface area contributed by atoms with Gasteiger partial charge in [-0.25, -0.2) is 0 Å². The standard InChI is InChI=1S/C18H30N2/c1-4-15(2)13-16(3)20-12-8-11-19-18(14-20)17-9-6-5-7-10-17/h5-7,9-10,15-16,18-19H,4,8,11-14H2,1-3H3. The van der Waals surface area contributed by atoms with Gasteiger partial charge in [0.2, 0.25) is 0 Å². The molecule has 2 rings (SSSR count). The number of benzene rings is 1. The first-order valence-electron chi connectivity index (χ1n) is 8.23. The van der Waals surface area contributed by atoms with E-state index in [0.29, 0.717) is 12.1 Å². The van der Waals surface area contributed by atoms with Crippen LogP contribution in [0.1, 0.15) is 51.6 Å². The molecule has 0 amide bonds. The molecule has 1 aliphatic heterocycles. The summed E-state index contributed by atoms with van der Waals surface area (Å²) < 4.78 is 0. The fourth-order valence-electron chi connectivity index (χ4n) is 3.16. The van der Waals surface area contributed by atoms with Crippen LogP contribution < -0.4 is 5.32 Å². The van der Waals surface area contributed by atoms with Crippen LogP contribution in [-0.2, 0) is 0 Å². The van der Waals surface area contributed by atoms with E-state index in [-0.39, 0.29) is 0 Å². The summed E-state index contributed by atoms with van der Waals surface area (Å²) in [5.41, 5.74) is 1.43. The summed E-state index contributed by atoms with van der Waals surface area (Å²) in [7, 11) is 0. The van der Waals surface area contributed by atoms with Crippen LogP contribution in [0.4, 0.5) is 0 Å². The van der Waals surface area contributed by atoms with Gasteiger partial charge in [0.05, 0.1) is 0 Å². The van der Waals surface area contributed by atoms with Crippen LogP contribution in [0.25, 0.3) is 0 Å². The Kier molecular flexibility index (Phi) is 6.06. The highest BCUT2D eigenvalue weighted by molar-refractivity contribution is 5.19. The zero-order chi connectivity index (χ0) is 14.4. The van der Waals surface area contributed by atoms with Crippen LogP contribution in [0.2, 0.25) is 0 Å². The molecule has 20 heavy (non-hydrogen) atoms. The molecular weight excluding hydrogens is 244 g/mol. The largest absolute Gasteiger partial charge is 0.309 e. The molecule has 0 radical (unpaired) electrons. The van der Waals surface area contributed by atoms with Gasteiger partial charge in [0.1, 0.15) is 0 Å². The zero-order valence-electron chi connectivity index (χ0n) is 13.3. The summed E-state index contributed by atoms with van der Waals surface area (Å²) in [6.07, 6.45) is 3.87. The molecule has 1 heterocycles. The first-order valence-corrected chi connectivity index (χ1v) is 8.23. The van der Waals surface area contributed by atoms with E-state index in [1.54, 1.807) is 0 Å². The number of nitrogens with zero attached hydrogens (tertiary/aromatic N) is 1. The normalized spacial score (nSPS) is 24.1. The van der Waals surface area contributed by atoms with Crippen LogP contribution in [0.3, 0.4) is 0 Å². The maximum Gasteiger partial charge on any atom is 0.0449 e. The predicted molar refractivity (Wildman–Crippen MR) is 86.9 cm³/mol. The van der Waals surface area contributed by atoms with Crippen molar-refractivity contribution in [3.63, 3.8) is 0 Å². The van der Waals surface area contributed by atoms with Crippen molar-refractivity contribution in [3.8, 4) is 0 Å². The second-order valence-electron chi connectivity index (χ2n) is 6.36. The van der Waals surface area contributed by atoms with Crippen molar-refractivity contribution in [2.45, 2.75) is 52.1 Å². The molecule has 1 aromatic rings. The van der Waals surface area contributed by atoms with Crippen LogP contribution in [-0.4, -0.2) is 30.6 Å². The summed E-state index contributed by atoms with van der Waals surface area (Å²) in [6.45, 7) is 10.6. The zero-order valence-corrected chi connectivity index (χ0v) is 13.3. The molecule has 0 aliphatic carbocycles. The predicted octanol–water partition coefficient (Wildman–Crippen LogP) is 3.85. The lowest BCUT2D eigenvalue weighted by Crippen LogP contribution is -2.38. The Hall–Kier alpha value is -0.860. The molecule has 1 aliphatic rings. The third-order valence-electron chi connectivity index (χ3n) is 4.70. The molecular formula is C18H30N2. The Bertz CT molecular complexity index is 376. The van der Waals surface area contributed by atoms with Crippen LogP contribution in [0.5, 0.6) is 0 Å². The van der Waals surface area contributed by atoms with Crippen molar-refractivity contribution in [2.24, 2.45) is 5.92 Å². The molecule has 2 nitrogen and oxygen atoms in total. The third kappa shape index (κ3) is 4.32. The highest BCUT2D eigenvalue weighted by atomic mass is 15.2. The minimum atomic E-state index is 0.484. The van der Waals surface area contributed by atoms with Gasteiger partial charge in [-0.1, -0.05) is 50.6 Å². The van der Waals surface area contributed by atoms with E-state index in [2.05, 4.69) is 61.3 Å². The highest BCUT2D eigenvalue weighted by Crippen LogP contribution is 2.21. The van der Waals surface area contributed by atoms with E-state index in [9.17, 15) is 0 Å². The van der Waals surface area contributed by atoms with Gasteiger partial charge >= 0.3 is 0 Å². The fourth-order valence-corrected chi connectivity index (χ4v) is 3.16. The molecule has 1 saturated heterocycles. The maximum absolute atomic E-state index is 3.71. The minimum absolute atomic E-state index is 0.484. The Morgan fingerprint density at radius 3 is 2.70 bits per heavy atom. The summed E-state index contributed by atoms with van der Waals surface area (Å²) in [5, 5.41) is 3.71. The van der Waals surface area contributed by atoms with Gasteiger partial charge in [0.15, 0.2) is 0 Å². The lowest BCUT2D eigenvalue weighted by Gasteiger charge is -2.31. The summed E-state index contributed by atoms with van der Waals surface area (Å²) >= 11 is 0. The lowest BCUT2D eigenvalue weighted by molar-refractivity contribution is 0.179. The second kappa shape index (κ2) is 7.80. The molecule has 112 valence electrons. The monoisotopic (exact) mass is 274 g/mol. The Morgan fingerprint density at radius 2 is 2.00 bits per heavy atom. The molecule has 2 heteroatoms. The van der Waals surface area contributed by atoms with Gasteiger partial charge < -0.3 is 5.32 Å². The second-order valence-corrected chi connectivity index (χ2v) is 6.36. The first kappa shape index (κ1) is 15.5. The molecule has 1 fully saturated rings. The number of nitrogens with one attached hydrogen (secondary N) is 1. The molecule has 0 aromatic heterocycles. The fraction of sp³-hybridized carbons (Fsp3) is 0.667. The van der Waals surface area contributed by atoms with E-state index in [1.165, 1.54) is 31.4 Å². The average Bonchev–Trinajstić information content (AvgIpc) is 2.74. The van der Waals surface area contributed by atoms with Gasteiger partial charge in [-0.05, 0) is 44.3 Å². The minimum Gasteiger partial charge on any atom is -0.309 e. The van der Waals surface area contributed by atoms with Gasteiger partial charge in [-0.2, -0.15) is 0 Å². The smallest absolute Gasteiger partial charge is 0.0449 e. The van der Waals surface area contributed by atoms with E-state index in [4.69, 9.17) is 0 Å². The SMILES string of the molecule is CCC(C)CC(C)N1CCCNC(c2ccccc2)C1. The van der Waals surface area contributed by atoms with Gasteiger partial charge in [-0.15, -0.1) is 0 Å². The molecule has 3 unspecified atom stereocenters. The Morgan fingerprint density at radius 1 is 1.25 bits per heavy atom. The summed E-state index contributed by atoms with van der Waals surface area (Å²) in [4.78, 5) is 2.68. The quantitative estimate of drug-likeness (QED) is 0.877. The lowest BCUT2D eigenvalue weighted by atomic mass is 9.98. The molecule has 1 aromatic carbocycles. The van der Waals surface area contributed by atoms with Crippen molar-refractivity contribution in [1.82, 2.24) is 10.2 Å². The van der Waals surface area contributed by atoms with Crippen LogP contribution in [0.15, 0.2) is 30.3 Å². The topological polar surface area (TPSA) is 15.3 Å². The van der Waals surface area contributed by atoms with E-state index in [0.717, 1.165) is 19.0 Å². The number of hydrogen-bond acceptors (Lipinski definition) is 2. The van der Waals surface area contributed by atoms with Crippen molar-refractivity contribution in [2.75, 3.05) is 19.6 Å². The van der Waals surface area contributed by atoms with Crippen molar-refractivity contribution in [1.29, 1.82) is 0 Å². The van der Waals surface area contributed by atoms with Crippen molar-refractivity contribution >= 4 is 0 Å². The van der Waals surface area contributed by atoms with E-state index >= 15 is 0 Å². The van der Waals surface area contributed by atoms with Crippen LogP contribution in [0, 0.1) is 5.92 Å². The van der Waals surface area contributed by atoms with E-state index in [1.807, 2.05) is 0 Å². The van der Waals surface area contributed by atoms with Crippen molar-refractivity contribution < 1.29 is 0 Å². The van der Waals surface area contributed by atoms with Crippen LogP contribution >= 0.6 is 0 Å². The molecule has 0 saturated carbocycles. The highest BCUT2D eigenvalue weighted by Gasteiger charge is 2.23. The average molecular weight is 274 g/mol. The number of rotatable bonds is 5. The summed E-state index contributed by atoms with van der Waals surface area (Å²) in [6, 6.07) is 12.1. The Balaban J connectivity index is 2.00. The van der Waals surface area contributed by atoms with Gasteiger partial charge in [0, 0.05) is 18.6 Å². The summed E-state index contributed by atoms with van der Waals surface area (Å²) in [5.74, 6) is 0.830. The molecule has 3 atom stereocenters. The molecule has 0 spiro atoms.